The van der Waals surface area contributed by atoms with Crippen molar-refractivity contribution < 1.29 is 62.1 Å². The van der Waals surface area contributed by atoms with Gasteiger partial charge in [0.25, 0.3) is 5.56 Å². The number of fused-ring (bicyclic) bond motifs is 11. The molecule has 0 saturated carbocycles. The van der Waals surface area contributed by atoms with E-state index in [4.69, 9.17) is 24.9 Å². The standard InChI is InChI=1S/C73H68FN9O13/c1-3-73(93)55-30-60-67-51(34-83(60)68(88)54(55)39-94-70(73)90)66-57(26-25-42-40(2)56(74)31-58(80-67)65(42)66)78-64(87)36-82(72(92)96-38-53-49-23-13-9-19-45(49)46-20-10-14-24-50(46)53)28-27-81(35-61(75)84)69(89)59(29-41-15-5-4-6-16-41)79-63(86)33-76-62(85)32-77-71(91)95-37-52-47-21-11-7-17-43(47)44-18-8-12-22-48(44)52/h4-24,30-31,52-53,57,59,93H,3,25-29,32-39H2,1-2H3,(H2,75,84)(H,76,85)(H,77,91)(H,78,87)(H,79,86)/t57-,59-,73-/m0/s1. The van der Waals surface area contributed by atoms with Gasteiger partial charge < -0.3 is 55.8 Å². The quantitative estimate of drug-likeness (QED) is 0.0327. The number of aryl methyl sites for hydroxylation is 1. The van der Waals surface area contributed by atoms with Crippen LogP contribution in [0.3, 0.4) is 0 Å². The Labute approximate surface area is 549 Å². The lowest BCUT2D eigenvalue weighted by Crippen LogP contribution is -2.55. The van der Waals surface area contributed by atoms with Gasteiger partial charge in [0.1, 0.15) is 44.8 Å². The number of hydrogen-bond acceptors (Lipinski definition) is 14. The van der Waals surface area contributed by atoms with Crippen LogP contribution < -0.4 is 32.6 Å². The molecule has 3 aliphatic carbocycles. The maximum absolute atomic E-state index is 15.9. The van der Waals surface area contributed by atoms with E-state index in [0.29, 0.717) is 39.6 Å². The van der Waals surface area contributed by atoms with Gasteiger partial charge in [-0.3, -0.25) is 33.7 Å². The van der Waals surface area contributed by atoms with Crippen molar-refractivity contribution in [3.8, 4) is 33.6 Å². The Morgan fingerprint density at radius 1 is 0.729 bits per heavy atom. The van der Waals surface area contributed by atoms with E-state index in [2.05, 4.69) is 21.3 Å². The van der Waals surface area contributed by atoms with Crippen LogP contribution in [-0.4, -0.2) is 131 Å². The predicted octanol–water partition coefficient (Wildman–Crippen LogP) is 6.58. The smallest absolute Gasteiger partial charge is 0.410 e. The highest BCUT2D eigenvalue weighted by Crippen LogP contribution is 2.48. The fourth-order valence-electron chi connectivity index (χ4n) is 14.3. The maximum Gasteiger partial charge on any atom is 0.410 e. The summed E-state index contributed by atoms with van der Waals surface area (Å²) in [5.41, 5.74) is 14.8. The fourth-order valence-corrected chi connectivity index (χ4v) is 14.3. The van der Waals surface area contributed by atoms with Crippen LogP contribution in [0.5, 0.6) is 0 Å². The molecule has 96 heavy (non-hydrogen) atoms. The minimum absolute atomic E-state index is 0.00965. The minimum Gasteiger partial charge on any atom is -0.458 e. The number of carbonyl (C=O) groups excluding carboxylic acids is 8. The van der Waals surface area contributed by atoms with Gasteiger partial charge in [-0.2, -0.15) is 0 Å². The van der Waals surface area contributed by atoms with Crippen LogP contribution in [0, 0.1) is 12.7 Å². The van der Waals surface area contributed by atoms with E-state index >= 15 is 4.39 Å². The molecule has 2 aliphatic heterocycles. The molecule has 0 saturated heterocycles. The molecule has 6 aromatic carbocycles. The van der Waals surface area contributed by atoms with Crippen molar-refractivity contribution in [2.75, 3.05) is 52.5 Å². The summed E-state index contributed by atoms with van der Waals surface area (Å²) in [5.74, 6) is -5.99. The summed E-state index contributed by atoms with van der Waals surface area (Å²) in [6, 6.07) is 40.5. The zero-order chi connectivity index (χ0) is 67.1. The Kier molecular flexibility index (Phi) is 17.5. The fraction of sp³-hybridized carbons (Fsp3) is 0.288. The molecule has 3 atom stereocenters. The van der Waals surface area contributed by atoms with Crippen LogP contribution in [0.15, 0.2) is 144 Å². The van der Waals surface area contributed by atoms with Crippen molar-refractivity contribution in [1.29, 1.82) is 0 Å². The van der Waals surface area contributed by atoms with Gasteiger partial charge in [0, 0.05) is 53.9 Å². The third-order valence-electron chi connectivity index (χ3n) is 19.0. The first-order valence-corrected chi connectivity index (χ1v) is 31.9. The van der Waals surface area contributed by atoms with Gasteiger partial charge in [-0.15, -0.1) is 0 Å². The number of alkyl carbamates (subject to hydrolysis) is 1. The molecule has 0 radical (unpaired) electrons. The summed E-state index contributed by atoms with van der Waals surface area (Å²) in [6.45, 7) is -0.648. The molecule has 22 nitrogen and oxygen atoms in total. The van der Waals surface area contributed by atoms with Gasteiger partial charge in [0.2, 0.25) is 29.5 Å². The Hall–Kier alpha value is -11.1. The number of pyridine rings is 2. The molecule has 23 heteroatoms. The molecule has 7 N–H and O–H groups in total. The topological polar surface area (TPSA) is 300 Å². The van der Waals surface area contributed by atoms with Gasteiger partial charge in [-0.25, -0.2) is 23.8 Å². The molecule has 4 heterocycles. The zero-order valence-electron chi connectivity index (χ0n) is 52.6. The summed E-state index contributed by atoms with van der Waals surface area (Å²) in [4.78, 5) is 132. The molecule has 0 unspecified atom stereocenters. The Morgan fingerprint density at radius 2 is 1.31 bits per heavy atom. The largest absolute Gasteiger partial charge is 0.458 e. The van der Waals surface area contributed by atoms with Crippen molar-refractivity contribution in [1.82, 2.24) is 40.6 Å². The van der Waals surface area contributed by atoms with Gasteiger partial charge in [0.15, 0.2) is 5.60 Å². The summed E-state index contributed by atoms with van der Waals surface area (Å²) in [6.07, 6.45) is -1.44. The number of ether oxygens (including phenoxy) is 3. The first-order chi connectivity index (χ1) is 46.4. The molecule has 5 aliphatic rings. The number of aliphatic hydroxyl groups is 1. The number of carbonyl (C=O) groups is 8. The van der Waals surface area contributed by atoms with Crippen molar-refractivity contribution in [2.24, 2.45) is 5.73 Å². The highest BCUT2D eigenvalue weighted by atomic mass is 19.1. The van der Waals surface area contributed by atoms with Crippen molar-refractivity contribution in [3.63, 3.8) is 0 Å². The third-order valence-corrected chi connectivity index (χ3v) is 19.0. The SMILES string of the molecule is CC[C@@]1(O)C(=O)OCc2c1cc1n(c2=O)Cc2c-1nc1cc(F)c(C)c3c1c2[C@@H](NC(=O)CN(CCN(CC(N)=O)C(=O)[C@H](Cc1ccccc1)NC(=O)CNC(=O)CNC(=O)OCC1c2ccccc2-c2ccccc21)C(=O)OCC1c2ccccc2-c2ccccc21)CC3. The van der Waals surface area contributed by atoms with Crippen LogP contribution in [0.1, 0.15) is 98.8 Å². The molecule has 0 bridgehead atoms. The van der Waals surface area contributed by atoms with E-state index in [0.717, 1.165) is 54.3 Å². The van der Waals surface area contributed by atoms with Crippen LogP contribution in [0.2, 0.25) is 0 Å². The highest BCUT2D eigenvalue weighted by Gasteiger charge is 2.46. The predicted molar refractivity (Wildman–Crippen MR) is 349 cm³/mol. The number of esters is 1. The maximum atomic E-state index is 15.9. The van der Waals surface area contributed by atoms with E-state index in [1.54, 1.807) is 50.2 Å². The Bertz CT molecular complexity index is 4510. The minimum atomic E-state index is -2.12. The second-order valence-electron chi connectivity index (χ2n) is 24.7. The number of cyclic esters (lactones) is 1. The molecule has 7 amide bonds. The normalized spacial score (nSPS) is 16.2. The summed E-state index contributed by atoms with van der Waals surface area (Å²) < 4.78 is 34.3. The lowest BCUT2D eigenvalue weighted by molar-refractivity contribution is -0.172. The van der Waals surface area contributed by atoms with Crippen LogP contribution in [-0.2, 0) is 74.6 Å². The number of nitrogens with two attached hydrogens (primary N) is 1. The van der Waals surface area contributed by atoms with Gasteiger partial charge in [0.05, 0.1) is 48.1 Å². The number of halogens is 1. The average Bonchev–Trinajstić information content (AvgIpc) is 1.46. The molecule has 490 valence electrons. The average molecular weight is 1300 g/mol. The third kappa shape index (κ3) is 12.1. The second kappa shape index (κ2) is 26.4. The number of hydrogen-bond donors (Lipinski definition) is 6. The van der Waals surface area contributed by atoms with Gasteiger partial charge >= 0.3 is 18.2 Å². The monoisotopic (exact) mass is 1300 g/mol. The van der Waals surface area contributed by atoms with E-state index in [-0.39, 0.29) is 79.6 Å². The van der Waals surface area contributed by atoms with E-state index < -0.39 is 122 Å². The lowest BCUT2D eigenvalue weighted by Gasteiger charge is -2.32. The van der Waals surface area contributed by atoms with E-state index in [1.807, 2.05) is 97.1 Å². The summed E-state index contributed by atoms with van der Waals surface area (Å²) >= 11 is 0. The van der Waals surface area contributed by atoms with Gasteiger partial charge in [-0.1, -0.05) is 134 Å². The number of amides is 7. The van der Waals surface area contributed by atoms with Crippen molar-refractivity contribution >= 4 is 58.6 Å². The van der Waals surface area contributed by atoms with Crippen molar-refractivity contribution in [2.45, 2.75) is 82.2 Å². The summed E-state index contributed by atoms with van der Waals surface area (Å²) in [7, 11) is 0. The number of aromatic nitrogens is 2. The number of nitrogens with zero attached hydrogens (tertiary/aromatic N) is 4. The number of nitrogens with one attached hydrogen (secondary N) is 4. The zero-order valence-corrected chi connectivity index (χ0v) is 52.6. The Balaban J connectivity index is 0.733. The van der Waals surface area contributed by atoms with Crippen LogP contribution >= 0.6 is 0 Å². The molecule has 13 rings (SSSR count). The van der Waals surface area contributed by atoms with Crippen molar-refractivity contribution in [3.05, 3.63) is 217 Å². The number of primary amides is 1. The van der Waals surface area contributed by atoms with Gasteiger partial charge in [-0.05, 0) is 99.0 Å². The first kappa shape index (κ1) is 63.7. The molecular formula is C73H68FN9O13. The number of rotatable bonds is 21. The lowest BCUT2D eigenvalue weighted by atomic mass is 9.81. The second-order valence-corrected chi connectivity index (χ2v) is 24.7. The van der Waals surface area contributed by atoms with Crippen LogP contribution in [0.25, 0.3) is 44.5 Å². The Morgan fingerprint density at radius 3 is 1.93 bits per heavy atom. The molecule has 2 aromatic heterocycles. The van der Waals surface area contributed by atoms with Crippen LogP contribution in [0.4, 0.5) is 14.0 Å². The summed E-state index contributed by atoms with van der Waals surface area (Å²) in [5, 5.41) is 22.9. The first-order valence-electron chi connectivity index (χ1n) is 31.9. The number of benzene rings is 6. The highest BCUT2D eigenvalue weighted by molar-refractivity contribution is 5.96. The molecule has 0 fully saturated rings. The molecule has 0 spiro atoms. The molecular weight excluding hydrogens is 1230 g/mol. The van der Waals surface area contributed by atoms with E-state index in [1.165, 1.54) is 10.6 Å². The van der Waals surface area contributed by atoms with E-state index in [9.17, 15) is 48.3 Å². The molecule has 8 aromatic rings.